The Balaban J connectivity index is 1.84. The molecule has 0 unspecified atom stereocenters. The highest BCUT2D eigenvalue weighted by Gasteiger charge is 2.45. The quantitative estimate of drug-likeness (QED) is 0.634. The number of hydrogen-bond donors (Lipinski definition) is 1. The van der Waals surface area contributed by atoms with E-state index in [1.165, 1.54) is 0 Å². The molecule has 1 N–H and O–H groups in total. The van der Waals surface area contributed by atoms with Crippen LogP contribution in [0.25, 0.3) is 0 Å². The fourth-order valence-electron chi connectivity index (χ4n) is 2.12. The maximum atomic E-state index is 11.7. The van der Waals surface area contributed by atoms with Gasteiger partial charge in [0.2, 0.25) is 0 Å². The molecule has 2 aliphatic heterocycles. The average Bonchev–Trinajstić information content (AvgIpc) is 2.12. The number of nitrogens with zero attached hydrogens (tertiary/aromatic N) is 1. The minimum absolute atomic E-state index is 0.117. The van der Waals surface area contributed by atoms with E-state index in [1.54, 1.807) is 4.90 Å². The second-order valence-corrected chi connectivity index (χ2v) is 5.67. The summed E-state index contributed by atoms with van der Waals surface area (Å²) in [4.78, 5) is 13.5. The molecule has 0 radical (unpaired) electrons. The van der Waals surface area contributed by atoms with Crippen LogP contribution in [0.15, 0.2) is 12.2 Å². The fourth-order valence-corrected chi connectivity index (χ4v) is 2.12. The largest absolute Gasteiger partial charge is 0.444 e. The van der Waals surface area contributed by atoms with Crippen LogP contribution in [0.2, 0.25) is 0 Å². The van der Waals surface area contributed by atoms with Gasteiger partial charge in [-0.05, 0) is 27.2 Å². The van der Waals surface area contributed by atoms with Gasteiger partial charge in [-0.25, -0.2) is 4.79 Å². The first kappa shape index (κ1) is 11.5. The van der Waals surface area contributed by atoms with Crippen LogP contribution in [0.1, 0.15) is 27.2 Å². The lowest BCUT2D eigenvalue weighted by Crippen LogP contribution is -2.71. The molecule has 0 aromatic rings. The molecule has 1 saturated heterocycles. The highest BCUT2D eigenvalue weighted by Crippen LogP contribution is 2.28. The summed E-state index contributed by atoms with van der Waals surface area (Å²) in [6.07, 6.45) is 5.12. The van der Waals surface area contributed by atoms with Gasteiger partial charge < -0.3 is 15.0 Å². The normalized spacial score (nSPS) is 23.1. The van der Waals surface area contributed by atoms with Crippen LogP contribution in [0.3, 0.4) is 0 Å². The van der Waals surface area contributed by atoms with E-state index in [4.69, 9.17) is 4.74 Å². The van der Waals surface area contributed by atoms with E-state index in [2.05, 4.69) is 17.5 Å². The molecule has 2 aliphatic rings. The topological polar surface area (TPSA) is 41.6 Å². The Hall–Kier alpha value is -1.03. The molecule has 2 heterocycles. The zero-order chi connectivity index (χ0) is 11.8. The third kappa shape index (κ3) is 2.38. The lowest BCUT2D eigenvalue weighted by Gasteiger charge is -2.51. The smallest absolute Gasteiger partial charge is 0.410 e. The minimum atomic E-state index is -0.403. The number of hydrogen-bond acceptors (Lipinski definition) is 3. The van der Waals surface area contributed by atoms with Crippen molar-refractivity contribution >= 4 is 6.09 Å². The molecule has 4 heteroatoms. The lowest BCUT2D eigenvalue weighted by atomic mass is 9.85. The zero-order valence-electron chi connectivity index (χ0n) is 10.2. The summed E-state index contributed by atoms with van der Waals surface area (Å²) >= 11 is 0. The third-order valence-electron chi connectivity index (χ3n) is 2.91. The van der Waals surface area contributed by atoms with Crippen LogP contribution >= 0.6 is 0 Å². The van der Waals surface area contributed by atoms with Gasteiger partial charge in [0.25, 0.3) is 0 Å². The molecule has 4 nitrogen and oxygen atoms in total. The first-order valence-corrected chi connectivity index (χ1v) is 5.78. The number of likely N-dealkylation sites (tertiary alicyclic amines) is 1. The van der Waals surface area contributed by atoms with Gasteiger partial charge in [-0.1, -0.05) is 12.2 Å². The van der Waals surface area contributed by atoms with Crippen molar-refractivity contribution in [1.29, 1.82) is 0 Å². The number of ether oxygens (including phenoxy) is 1. The van der Waals surface area contributed by atoms with Gasteiger partial charge in [-0.15, -0.1) is 0 Å². The lowest BCUT2D eigenvalue weighted by molar-refractivity contribution is -0.0160. The van der Waals surface area contributed by atoms with Gasteiger partial charge >= 0.3 is 6.09 Å². The molecular weight excluding hydrogens is 204 g/mol. The Morgan fingerprint density at radius 2 is 2.06 bits per heavy atom. The number of carbonyl (C=O) groups excluding carboxylic acids is 1. The maximum Gasteiger partial charge on any atom is 0.410 e. The molecule has 1 fully saturated rings. The summed E-state index contributed by atoms with van der Waals surface area (Å²) in [5.74, 6) is 0. The predicted octanol–water partition coefficient (Wildman–Crippen LogP) is 1.53. The summed E-state index contributed by atoms with van der Waals surface area (Å²) in [5, 5.41) is 3.44. The van der Waals surface area contributed by atoms with Crippen LogP contribution in [0, 0.1) is 0 Å². The van der Waals surface area contributed by atoms with E-state index < -0.39 is 5.60 Å². The Labute approximate surface area is 96.6 Å². The van der Waals surface area contributed by atoms with Crippen molar-refractivity contribution in [3.05, 3.63) is 12.2 Å². The fraction of sp³-hybridized carbons (Fsp3) is 0.750. The maximum absolute atomic E-state index is 11.7. The molecule has 0 aromatic carbocycles. The Kier molecular flexibility index (Phi) is 2.70. The minimum Gasteiger partial charge on any atom is -0.444 e. The molecule has 0 aliphatic carbocycles. The SMILES string of the molecule is CC(C)(C)OC(=O)N1CC2(CC=CCN2)C1. The predicted molar refractivity (Wildman–Crippen MR) is 62.3 cm³/mol. The first-order valence-electron chi connectivity index (χ1n) is 5.78. The van der Waals surface area contributed by atoms with Crippen LogP contribution in [-0.2, 0) is 4.74 Å². The second-order valence-electron chi connectivity index (χ2n) is 5.67. The molecule has 2 rings (SSSR count). The molecule has 0 atom stereocenters. The number of amides is 1. The molecular formula is C12H20N2O2. The van der Waals surface area contributed by atoms with Crippen molar-refractivity contribution in [3.8, 4) is 0 Å². The van der Waals surface area contributed by atoms with E-state index in [1.807, 2.05) is 20.8 Å². The zero-order valence-corrected chi connectivity index (χ0v) is 10.2. The second kappa shape index (κ2) is 3.77. The average molecular weight is 224 g/mol. The number of rotatable bonds is 0. The summed E-state index contributed by atoms with van der Waals surface area (Å²) in [7, 11) is 0. The van der Waals surface area contributed by atoms with Crippen LogP contribution in [0.4, 0.5) is 4.79 Å². The number of carbonyl (C=O) groups is 1. The van der Waals surface area contributed by atoms with E-state index in [0.717, 1.165) is 26.1 Å². The van der Waals surface area contributed by atoms with Crippen LogP contribution in [-0.4, -0.2) is 41.8 Å². The van der Waals surface area contributed by atoms with Crippen molar-refractivity contribution in [3.63, 3.8) is 0 Å². The standard InChI is InChI=1S/C12H20N2O2/c1-11(2,3)16-10(15)14-8-12(9-14)6-4-5-7-13-12/h4-5,13H,6-9H2,1-3H3. The van der Waals surface area contributed by atoms with Gasteiger partial charge in [0.1, 0.15) is 5.60 Å². The van der Waals surface area contributed by atoms with E-state index in [-0.39, 0.29) is 11.6 Å². The van der Waals surface area contributed by atoms with Gasteiger partial charge in [0.05, 0.1) is 5.54 Å². The molecule has 16 heavy (non-hydrogen) atoms. The van der Waals surface area contributed by atoms with Gasteiger partial charge in [0.15, 0.2) is 0 Å². The molecule has 90 valence electrons. The van der Waals surface area contributed by atoms with Gasteiger partial charge in [-0.2, -0.15) is 0 Å². The molecule has 1 amide bonds. The molecule has 0 saturated carbocycles. The summed E-state index contributed by atoms with van der Waals surface area (Å²) in [6, 6.07) is 0. The van der Waals surface area contributed by atoms with Gasteiger partial charge in [-0.3, -0.25) is 0 Å². The van der Waals surface area contributed by atoms with E-state index in [0.29, 0.717) is 0 Å². The third-order valence-corrected chi connectivity index (χ3v) is 2.91. The van der Waals surface area contributed by atoms with Crippen molar-refractivity contribution in [2.75, 3.05) is 19.6 Å². The Bertz CT molecular complexity index is 311. The van der Waals surface area contributed by atoms with E-state index in [9.17, 15) is 4.79 Å². The highest BCUT2D eigenvalue weighted by molar-refractivity contribution is 5.69. The summed E-state index contributed by atoms with van der Waals surface area (Å²) < 4.78 is 5.32. The van der Waals surface area contributed by atoms with Crippen molar-refractivity contribution < 1.29 is 9.53 Å². The Morgan fingerprint density at radius 3 is 2.56 bits per heavy atom. The molecule has 0 bridgehead atoms. The first-order chi connectivity index (χ1) is 7.40. The van der Waals surface area contributed by atoms with E-state index >= 15 is 0 Å². The van der Waals surface area contributed by atoms with Crippen molar-refractivity contribution in [1.82, 2.24) is 10.2 Å². The molecule has 0 aromatic heterocycles. The number of nitrogens with one attached hydrogen (secondary N) is 1. The Morgan fingerprint density at radius 1 is 1.38 bits per heavy atom. The van der Waals surface area contributed by atoms with Crippen molar-refractivity contribution in [2.24, 2.45) is 0 Å². The molecule has 1 spiro atoms. The summed E-state index contributed by atoms with van der Waals surface area (Å²) in [6.45, 7) is 8.09. The summed E-state index contributed by atoms with van der Waals surface area (Å²) in [5.41, 5.74) is -0.286. The van der Waals surface area contributed by atoms with Crippen LogP contribution in [0.5, 0.6) is 0 Å². The van der Waals surface area contributed by atoms with Gasteiger partial charge in [0, 0.05) is 19.6 Å². The highest BCUT2D eigenvalue weighted by atomic mass is 16.6. The van der Waals surface area contributed by atoms with Crippen LogP contribution < -0.4 is 5.32 Å². The van der Waals surface area contributed by atoms with Crippen molar-refractivity contribution in [2.45, 2.75) is 38.3 Å². The monoisotopic (exact) mass is 224 g/mol.